The van der Waals surface area contributed by atoms with Crippen molar-refractivity contribution >= 4 is 11.4 Å². The maximum Gasteiger partial charge on any atom is 0.161 e. The molecule has 31 heavy (non-hydrogen) atoms. The molecule has 8 nitrogen and oxygen atoms in total. The van der Waals surface area contributed by atoms with E-state index in [-0.39, 0.29) is 25.7 Å². The highest BCUT2D eigenvalue weighted by atomic mass is 16.8. The van der Waals surface area contributed by atoms with Crippen LogP contribution in [-0.4, -0.2) is 56.3 Å². The van der Waals surface area contributed by atoms with Gasteiger partial charge >= 0.3 is 0 Å². The summed E-state index contributed by atoms with van der Waals surface area (Å²) in [5, 5.41) is 8.85. The van der Waals surface area contributed by atoms with E-state index in [1.54, 1.807) is 13.8 Å². The molecule has 0 spiro atoms. The first-order chi connectivity index (χ1) is 14.7. The zero-order valence-electron chi connectivity index (χ0n) is 20.0. The molecule has 8 heteroatoms. The molecule has 3 N–H and O–H groups in total. The summed E-state index contributed by atoms with van der Waals surface area (Å²) >= 11 is 0. The molecule has 5 atom stereocenters. The van der Waals surface area contributed by atoms with Gasteiger partial charge in [-0.3, -0.25) is 0 Å². The summed E-state index contributed by atoms with van der Waals surface area (Å²) in [4.78, 5) is 2.16. The van der Waals surface area contributed by atoms with Gasteiger partial charge in [-0.15, -0.1) is 0 Å². The minimum absolute atomic E-state index is 0.0540. The summed E-state index contributed by atoms with van der Waals surface area (Å²) < 4.78 is 29.0. The van der Waals surface area contributed by atoms with Crippen molar-refractivity contribution in [2.75, 3.05) is 30.5 Å². The van der Waals surface area contributed by atoms with E-state index >= 15 is 0 Å². The molecule has 0 saturated carbocycles. The van der Waals surface area contributed by atoms with Crippen molar-refractivity contribution in [1.29, 1.82) is 0 Å². The van der Waals surface area contributed by atoms with Crippen LogP contribution < -0.4 is 10.6 Å². The van der Waals surface area contributed by atoms with E-state index in [4.69, 9.17) is 34.5 Å². The Kier molecular flexibility index (Phi) is 9.99. The quantitative estimate of drug-likeness (QED) is 0.355. The summed E-state index contributed by atoms with van der Waals surface area (Å²) in [5.74, 6) is 0.324. The molecule has 0 aliphatic carbocycles. The monoisotopic (exact) mass is 440 g/mol. The van der Waals surface area contributed by atoms with Gasteiger partial charge in [0.05, 0.1) is 13.2 Å². The topological polar surface area (TPSA) is 95.6 Å². The number of ether oxygens (including phenoxy) is 5. The van der Waals surface area contributed by atoms with Gasteiger partial charge in [-0.05, 0) is 63.8 Å². The third-order valence-electron chi connectivity index (χ3n) is 5.25. The van der Waals surface area contributed by atoms with Gasteiger partial charge in [-0.1, -0.05) is 13.8 Å². The lowest BCUT2D eigenvalue weighted by atomic mass is 9.98. The number of anilines is 2. The molecule has 2 rings (SSSR count). The Morgan fingerprint density at radius 1 is 1.03 bits per heavy atom. The first-order valence-corrected chi connectivity index (χ1v) is 11.2. The number of nitrogens with zero attached hydrogens (tertiary/aromatic N) is 1. The minimum atomic E-state index is -0.534. The molecule has 0 saturated heterocycles. The maximum atomic E-state index is 8.85. The van der Waals surface area contributed by atoms with Crippen LogP contribution in [0.15, 0.2) is 12.1 Å². The molecule has 1 heterocycles. The van der Waals surface area contributed by atoms with Crippen LogP contribution in [0.1, 0.15) is 65.5 Å². The number of aliphatic hydroxyl groups excluding tert-OH is 1. The second-order valence-corrected chi connectivity index (χ2v) is 8.09. The maximum absolute atomic E-state index is 8.85. The van der Waals surface area contributed by atoms with Crippen molar-refractivity contribution in [3.05, 3.63) is 23.3 Å². The van der Waals surface area contributed by atoms with Crippen molar-refractivity contribution in [3.8, 4) is 0 Å². The lowest BCUT2D eigenvalue weighted by Crippen LogP contribution is -2.44. The molecule has 178 valence electrons. The van der Waals surface area contributed by atoms with Crippen LogP contribution in [0.25, 0.3) is 0 Å². The molecule has 0 bridgehead atoms. The molecular weight excluding hydrogens is 400 g/mol. The van der Waals surface area contributed by atoms with Gasteiger partial charge in [0.25, 0.3) is 0 Å². The predicted molar refractivity (Wildman–Crippen MR) is 121 cm³/mol. The standard InChI is InChI=1S/C23H40N2O6/c1-8-27-15(4)25-22-13-20(14(2)3)21(24)11-19(22)12-23(25)31-18(7)30-17(6)29-16(5)28-10-9-26/h11,13-18,23,26H,8-10,12,24H2,1-7H3. The van der Waals surface area contributed by atoms with Crippen molar-refractivity contribution in [1.82, 2.24) is 0 Å². The van der Waals surface area contributed by atoms with E-state index in [2.05, 4.69) is 30.9 Å². The molecule has 0 aromatic heterocycles. The van der Waals surface area contributed by atoms with Crippen molar-refractivity contribution in [2.45, 2.75) is 92.1 Å². The van der Waals surface area contributed by atoms with Gasteiger partial charge < -0.3 is 39.4 Å². The third-order valence-corrected chi connectivity index (χ3v) is 5.25. The number of nitrogens with two attached hydrogens (primary N) is 1. The van der Waals surface area contributed by atoms with Crippen molar-refractivity contribution < 1.29 is 28.8 Å². The van der Waals surface area contributed by atoms with Crippen molar-refractivity contribution in [2.24, 2.45) is 0 Å². The Morgan fingerprint density at radius 3 is 2.32 bits per heavy atom. The summed E-state index contributed by atoms with van der Waals surface area (Å²) in [6.45, 7) is 14.4. The van der Waals surface area contributed by atoms with E-state index in [0.717, 1.165) is 22.5 Å². The average Bonchev–Trinajstić information content (AvgIpc) is 3.01. The van der Waals surface area contributed by atoms with Crippen LogP contribution in [0.3, 0.4) is 0 Å². The molecule has 0 amide bonds. The minimum Gasteiger partial charge on any atom is -0.398 e. The normalized spacial score (nSPS) is 20.0. The van der Waals surface area contributed by atoms with E-state index in [1.807, 2.05) is 20.8 Å². The largest absolute Gasteiger partial charge is 0.398 e. The highest BCUT2D eigenvalue weighted by Gasteiger charge is 2.36. The van der Waals surface area contributed by atoms with Crippen LogP contribution in [0, 0.1) is 0 Å². The van der Waals surface area contributed by atoms with E-state index < -0.39 is 18.9 Å². The van der Waals surface area contributed by atoms with Crippen LogP contribution in [0.5, 0.6) is 0 Å². The molecule has 0 radical (unpaired) electrons. The smallest absolute Gasteiger partial charge is 0.161 e. The first kappa shape index (κ1) is 25.8. The fourth-order valence-electron chi connectivity index (χ4n) is 3.96. The molecule has 5 unspecified atom stereocenters. The molecular formula is C23H40N2O6. The lowest BCUT2D eigenvalue weighted by Gasteiger charge is -2.35. The van der Waals surface area contributed by atoms with Gasteiger partial charge in [0.1, 0.15) is 12.5 Å². The molecule has 1 aromatic carbocycles. The van der Waals surface area contributed by atoms with E-state index in [9.17, 15) is 0 Å². The van der Waals surface area contributed by atoms with Crippen LogP contribution in [0.4, 0.5) is 11.4 Å². The van der Waals surface area contributed by atoms with Crippen molar-refractivity contribution in [3.63, 3.8) is 0 Å². The number of rotatable bonds is 13. The highest BCUT2D eigenvalue weighted by molar-refractivity contribution is 5.68. The zero-order valence-corrected chi connectivity index (χ0v) is 20.0. The lowest BCUT2D eigenvalue weighted by molar-refractivity contribution is -0.287. The van der Waals surface area contributed by atoms with Gasteiger partial charge in [0.2, 0.25) is 0 Å². The highest BCUT2D eigenvalue weighted by Crippen LogP contribution is 2.39. The number of hydrogen-bond donors (Lipinski definition) is 2. The second-order valence-electron chi connectivity index (χ2n) is 8.09. The third kappa shape index (κ3) is 7.03. The summed E-state index contributed by atoms with van der Waals surface area (Å²) in [6, 6.07) is 4.21. The van der Waals surface area contributed by atoms with Gasteiger partial charge in [0.15, 0.2) is 18.9 Å². The Labute approximate surface area is 186 Å². The predicted octanol–water partition coefficient (Wildman–Crippen LogP) is 3.56. The van der Waals surface area contributed by atoms with Gasteiger partial charge in [0, 0.05) is 24.4 Å². The van der Waals surface area contributed by atoms with Crippen LogP contribution in [0.2, 0.25) is 0 Å². The van der Waals surface area contributed by atoms with Crippen LogP contribution >= 0.6 is 0 Å². The summed E-state index contributed by atoms with van der Waals surface area (Å²) in [6.07, 6.45) is -1.26. The van der Waals surface area contributed by atoms with Gasteiger partial charge in [-0.2, -0.15) is 0 Å². The Morgan fingerprint density at radius 2 is 1.71 bits per heavy atom. The Balaban J connectivity index is 2.09. The SMILES string of the molecule is CCOC(C)N1c2cc(C(C)C)c(N)cc2CC1OC(C)OC(C)OC(C)OCCO. The van der Waals surface area contributed by atoms with E-state index in [0.29, 0.717) is 18.9 Å². The number of hydrogen-bond acceptors (Lipinski definition) is 8. The summed E-state index contributed by atoms with van der Waals surface area (Å²) in [7, 11) is 0. The fraction of sp³-hybridized carbons (Fsp3) is 0.739. The number of fused-ring (bicyclic) bond motifs is 1. The molecule has 1 aliphatic rings. The average molecular weight is 441 g/mol. The van der Waals surface area contributed by atoms with Gasteiger partial charge in [-0.25, -0.2) is 0 Å². The molecule has 1 aliphatic heterocycles. The van der Waals surface area contributed by atoms with Crippen LogP contribution in [-0.2, 0) is 30.1 Å². The molecule has 0 fully saturated rings. The van der Waals surface area contributed by atoms with E-state index in [1.165, 1.54) is 0 Å². The number of nitrogen functional groups attached to an aromatic ring is 1. The number of aliphatic hydroxyl groups is 1. The molecule has 1 aromatic rings. The Bertz CT molecular complexity index is 686. The first-order valence-electron chi connectivity index (χ1n) is 11.2. The zero-order chi connectivity index (χ0) is 23.1. The second kappa shape index (κ2) is 12.0. The number of benzene rings is 1. The fourth-order valence-corrected chi connectivity index (χ4v) is 3.96. The summed E-state index contributed by atoms with van der Waals surface area (Å²) in [5.41, 5.74) is 10.5. The Hall–Kier alpha value is -1.42.